The van der Waals surface area contributed by atoms with E-state index in [0.29, 0.717) is 5.88 Å². The number of nitrogens with one attached hydrogen (secondary N) is 1. The van der Waals surface area contributed by atoms with Gasteiger partial charge >= 0.3 is 0 Å². The van der Waals surface area contributed by atoms with Gasteiger partial charge in [0.25, 0.3) is 0 Å². The highest BCUT2D eigenvalue weighted by atomic mass is 35.5. The second-order valence-electron chi connectivity index (χ2n) is 4.61. The van der Waals surface area contributed by atoms with Crippen molar-refractivity contribution in [2.75, 3.05) is 12.4 Å². The molecule has 1 nitrogen and oxygen atoms in total. The number of halogens is 1. The van der Waals surface area contributed by atoms with Crippen LogP contribution < -0.4 is 5.32 Å². The molecule has 1 unspecified atom stereocenters. The Kier molecular flexibility index (Phi) is 6.51. The summed E-state index contributed by atoms with van der Waals surface area (Å²) in [5.41, 5.74) is 1.28. The quantitative estimate of drug-likeness (QED) is 0.560. The fraction of sp³-hybridized carbons (Fsp3) is 0.571. The monoisotopic (exact) mass is 239 g/mol. The number of benzene rings is 1. The summed E-state index contributed by atoms with van der Waals surface area (Å²) in [5.74, 6) is 1.42. The largest absolute Gasteiger partial charge is 0.309 e. The van der Waals surface area contributed by atoms with Crippen LogP contribution in [-0.4, -0.2) is 12.4 Å². The number of hydrogen-bond donors (Lipinski definition) is 1. The van der Waals surface area contributed by atoms with Gasteiger partial charge in [0.05, 0.1) is 0 Å². The zero-order valence-electron chi connectivity index (χ0n) is 10.2. The van der Waals surface area contributed by atoms with Crippen molar-refractivity contribution in [3.05, 3.63) is 35.9 Å². The minimum atomic E-state index is 0.287. The summed E-state index contributed by atoms with van der Waals surface area (Å²) in [6, 6.07) is 10.7. The number of alkyl halides is 1. The Morgan fingerprint density at radius 3 is 2.44 bits per heavy atom. The Morgan fingerprint density at radius 2 is 1.88 bits per heavy atom. The minimum Gasteiger partial charge on any atom is -0.309 e. The first-order valence-electron chi connectivity index (χ1n) is 6.08. The first kappa shape index (κ1) is 13.5. The van der Waals surface area contributed by atoms with Crippen LogP contribution in [0.25, 0.3) is 0 Å². The molecule has 0 aliphatic carbocycles. The lowest BCUT2D eigenvalue weighted by Crippen LogP contribution is -2.24. The van der Waals surface area contributed by atoms with Crippen molar-refractivity contribution in [3.8, 4) is 0 Å². The van der Waals surface area contributed by atoms with E-state index in [0.717, 1.165) is 12.5 Å². The maximum absolute atomic E-state index is 5.98. The van der Waals surface area contributed by atoms with Crippen molar-refractivity contribution < 1.29 is 0 Å². The molecule has 0 fully saturated rings. The third-order valence-electron chi connectivity index (χ3n) is 2.71. The zero-order chi connectivity index (χ0) is 11.8. The molecule has 90 valence electrons. The van der Waals surface area contributed by atoms with Crippen molar-refractivity contribution >= 4 is 11.6 Å². The van der Waals surface area contributed by atoms with E-state index in [9.17, 15) is 0 Å². The summed E-state index contributed by atoms with van der Waals surface area (Å²) in [7, 11) is 0. The van der Waals surface area contributed by atoms with Gasteiger partial charge in [-0.15, -0.1) is 11.6 Å². The Hall–Kier alpha value is -0.530. The smallest absolute Gasteiger partial charge is 0.0457 e. The average molecular weight is 240 g/mol. The second-order valence-corrected chi connectivity index (χ2v) is 4.92. The Balaban J connectivity index is 2.33. The SMILES string of the molecule is CC(C)CCCNC(CCl)c1ccccc1. The topological polar surface area (TPSA) is 12.0 Å². The van der Waals surface area contributed by atoms with Gasteiger partial charge in [0.1, 0.15) is 0 Å². The van der Waals surface area contributed by atoms with Crippen LogP contribution in [0.2, 0.25) is 0 Å². The minimum absolute atomic E-state index is 0.287. The van der Waals surface area contributed by atoms with E-state index in [1.165, 1.54) is 18.4 Å². The van der Waals surface area contributed by atoms with Crippen LogP contribution in [0.4, 0.5) is 0 Å². The van der Waals surface area contributed by atoms with E-state index in [1.54, 1.807) is 0 Å². The molecule has 2 heteroatoms. The van der Waals surface area contributed by atoms with Gasteiger partial charge < -0.3 is 5.32 Å². The molecule has 0 aromatic heterocycles. The summed E-state index contributed by atoms with van der Waals surface area (Å²) in [5, 5.41) is 3.51. The molecule has 1 rings (SSSR count). The summed E-state index contributed by atoms with van der Waals surface area (Å²) < 4.78 is 0. The highest BCUT2D eigenvalue weighted by Gasteiger charge is 2.08. The van der Waals surface area contributed by atoms with Gasteiger partial charge in [0.15, 0.2) is 0 Å². The molecule has 1 aromatic carbocycles. The summed E-state index contributed by atoms with van der Waals surface area (Å²) in [6.45, 7) is 5.57. The van der Waals surface area contributed by atoms with Crippen LogP contribution in [-0.2, 0) is 0 Å². The lowest BCUT2D eigenvalue weighted by Gasteiger charge is -2.16. The van der Waals surface area contributed by atoms with Crippen LogP contribution in [0.5, 0.6) is 0 Å². The molecule has 0 bridgehead atoms. The van der Waals surface area contributed by atoms with Crippen molar-refractivity contribution in [2.45, 2.75) is 32.7 Å². The van der Waals surface area contributed by atoms with Gasteiger partial charge in [-0.2, -0.15) is 0 Å². The lowest BCUT2D eigenvalue weighted by molar-refractivity contribution is 0.499. The average Bonchev–Trinajstić information content (AvgIpc) is 2.30. The van der Waals surface area contributed by atoms with E-state index in [4.69, 9.17) is 11.6 Å². The fourth-order valence-electron chi connectivity index (χ4n) is 1.73. The highest BCUT2D eigenvalue weighted by molar-refractivity contribution is 6.18. The van der Waals surface area contributed by atoms with E-state index in [-0.39, 0.29) is 6.04 Å². The van der Waals surface area contributed by atoms with Gasteiger partial charge in [-0.25, -0.2) is 0 Å². The molecule has 0 heterocycles. The summed E-state index contributed by atoms with van der Waals surface area (Å²) >= 11 is 5.98. The van der Waals surface area contributed by atoms with Crippen LogP contribution in [0.3, 0.4) is 0 Å². The predicted octanol–water partition coefficient (Wildman–Crippen LogP) is 3.99. The zero-order valence-corrected chi connectivity index (χ0v) is 11.0. The fourth-order valence-corrected chi connectivity index (χ4v) is 2.02. The molecule has 0 aliphatic rings. The van der Waals surface area contributed by atoms with Crippen LogP contribution in [0, 0.1) is 5.92 Å². The summed E-state index contributed by atoms with van der Waals surface area (Å²) in [4.78, 5) is 0. The Labute approximate surface area is 104 Å². The van der Waals surface area contributed by atoms with Crippen LogP contribution in [0.15, 0.2) is 30.3 Å². The predicted molar refractivity (Wildman–Crippen MR) is 72.0 cm³/mol. The molecule has 0 aliphatic heterocycles. The van der Waals surface area contributed by atoms with Gasteiger partial charge in [-0.1, -0.05) is 44.2 Å². The molecular formula is C14H22ClN. The molecule has 0 radical (unpaired) electrons. The van der Waals surface area contributed by atoms with Crippen molar-refractivity contribution in [1.82, 2.24) is 5.32 Å². The Bertz CT molecular complexity index is 271. The van der Waals surface area contributed by atoms with E-state index in [2.05, 4.69) is 43.4 Å². The maximum atomic E-state index is 5.98. The number of rotatable bonds is 7. The van der Waals surface area contributed by atoms with Gasteiger partial charge in [0, 0.05) is 11.9 Å². The summed E-state index contributed by atoms with van der Waals surface area (Å²) in [6.07, 6.45) is 2.49. The molecular weight excluding hydrogens is 218 g/mol. The van der Waals surface area contributed by atoms with E-state index < -0.39 is 0 Å². The van der Waals surface area contributed by atoms with Gasteiger partial charge in [0.2, 0.25) is 0 Å². The first-order valence-corrected chi connectivity index (χ1v) is 6.61. The first-order chi connectivity index (χ1) is 7.74. The number of hydrogen-bond acceptors (Lipinski definition) is 1. The molecule has 0 spiro atoms. The molecule has 16 heavy (non-hydrogen) atoms. The second kappa shape index (κ2) is 7.70. The van der Waals surface area contributed by atoms with E-state index >= 15 is 0 Å². The third kappa shape index (κ3) is 5.00. The maximum Gasteiger partial charge on any atom is 0.0457 e. The van der Waals surface area contributed by atoms with Crippen LogP contribution >= 0.6 is 11.6 Å². The lowest BCUT2D eigenvalue weighted by atomic mass is 10.1. The van der Waals surface area contributed by atoms with Crippen molar-refractivity contribution in [2.24, 2.45) is 5.92 Å². The molecule has 0 amide bonds. The molecule has 0 saturated heterocycles. The third-order valence-corrected chi connectivity index (χ3v) is 3.01. The Morgan fingerprint density at radius 1 is 1.19 bits per heavy atom. The molecule has 0 saturated carbocycles. The van der Waals surface area contributed by atoms with Crippen LogP contribution in [0.1, 0.15) is 38.3 Å². The van der Waals surface area contributed by atoms with E-state index in [1.807, 2.05) is 6.07 Å². The normalized spacial score (nSPS) is 13.0. The van der Waals surface area contributed by atoms with Crippen molar-refractivity contribution in [3.63, 3.8) is 0 Å². The van der Waals surface area contributed by atoms with Gasteiger partial charge in [-0.3, -0.25) is 0 Å². The molecule has 1 N–H and O–H groups in total. The molecule has 1 aromatic rings. The molecule has 1 atom stereocenters. The van der Waals surface area contributed by atoms with Crippen molar-refractivity contribution in [1.29, 1.82) is 0 Å². The highest BCUT2D eigenvalue weighted by Crippen LogP contribution is 2.14. The van der Waals surface area contributed by atoms with Gasteiger partial charge in [-0.05, 0) is 30.9 Å². The standard InChI is InChI=1S/C14H22ClN/c1-12(2)7-6-10-16-14(11-15)13-8-4-3-5-9-13/h3-5,8-9,12,14,16H,6-7,10-11H2,1-2H3.